The quantitative estimate of drug-likeness (QED) is 0.657. The molecule has 0 aliphatic heterocycles. The average Bonchev–Trinajstić information content (AvgIpc) is 2.77. The summed E-state index contributed by atoms with van der Waals surface area (Å²) in [6.07, 6.45) is 8.77. The number of halogens is 1. The summed E-state index contributed by atoms with van der Waals surface area (Å²) in [7, 11) is 0. The molecule has 26 heavy (non-hydrogen) atoms. The Morgan fingerprint density at radius 2 is 2.00 bits per heavy atom. The summed E-state index contributed by atoms with van der Waals surface area (Å²) in [6.45, 7) is 5.90. The van der Waals surface area contributed by atoms with Gasteiger partial charge in [0.2, 0.25) is 0 Å². The maximum Gasteiger partial charge on any atom is 0.152 e. The lowest BCUT2D eigenvalue weighted by atomic mass is 9.44. The molecule has 3 nitrogen and oxygen atoms in total. The Bertz CT molecular complexity index is 660. The van der Waals surface area contributed by atoms with Crippen LogP contribution >= 0.6 is 0 Å². The van der Waals surface area contributed by atoms with Crippen molar-refractivity contribution < 1.29 is 19.7 Å². The summed E-state index contributed by atoms with van der Waals surface area (Å²) in [5.41, 5.74) is -2.94. The highest BCUT2D eigenvalue weighted by Crippen LogP contribution is 2.71. The van der Waals surface area contributed by atoms with Crippen LogP contribution in [-0.2, 0) is 0 Å². The topological polar surface area (TPSA) is 60.7 Å². The summed E-state index contributed by atoms with van der Waals surface area (Å²) in [6, 6.07) is 0. The molecule has 0 bridgehead atoms. The van der Waals surface area contributed by atoms with E-state index in [2.05, 4.69) is 6.08 Å². The van der Waals surface area contributed by atoms with Gasteiger partial charge < -0.3 is 15.3 Å². The van der Waals surface area contributed by atoms with E-state index in [0.717, 1.165) is 31.3 Å². The van der Waals surface area contributed by atoms with Gasteiger partial charge in [-0.25, -0.2) is 4.39 Å². The van der Waals surface area contributed by atoms with E-state index in [1.54, 1.807) is 0 Å². The number of alkyl halides is 1. The summed E-state index contributed by atoms with van der Waals surface area (Å²) < 4.78 is 16.8. The average molecular weight is 365 g/mol. The zero-order valence-corrected chi connectivity index (χ0v) is 16.2. The van der Waals surface area contributed by atoms with Crippen LogP contribution in [0.4, 0.5) is 4.39 Å². The van der Waals surface area contributed by atoms with Gasteiger partial charge in [-0.2, -0.15) is 0 Å². The van der Waals surface area contributed by atoms with Crippen molar-refractivity contribution in [3.05, 3.63) is 23.8 Å². The lowest BCUT2D eigenvalue weighted by Crippen LogP contribution is -2.68. The molecule has 4 aliphatic carbocycles. The van der Waals surface area contributed by atoms with Gasteiger partial charge in [0.15, 0.2) is 5.67 Å². The Hall–Kier alpha value is -0.710. The minimum absolute atomic E-state index is 0.00848. The Kier molecular flexibility index (Phi) is 4.05. The summed E-state index contributed by atoms with van der Waals surface area (Å²) in [4.78, 5) is 0. The molecule has 4 heteroatoms. The minimum atomic E-state index is -1.69. The zero-order valence-electron chi connectivity index (χ0n) is 16.2. The molecule has 0 aromatic heterocycles. The first-order valence-corrected chi connectivity index (χ1v) is 10.2. The first-order valence-electron chi connectivity index (χ1n) is 10.2. The maximum absolute atomic E-state index is 16.8. The van der Waals surface area contributed by atoms with E-state index in [4.69, 9.17) is 0 Å². The Balaban J connectivity index is 1.81. The fraction of sp³-hybridized carbons (Fsp3) is 0.818. The van der Waals surface area contributed by atoms with Crippen LogP contribution in [0.15, 0.2) is 23.8 Å². The Labute approximate surface area is 156 Å². The van der Waals surface area contributed by atoms with Crippen molar-refractivity contribution in [2.75, 3.05) is 6.61 Å². The van der Waals surface area contributed by atoms with Gasteiger partial charge in [0, 0.05) is 29.8 Å². The third-order valence-electron chi connectivity index (χ3n) is 8.99. The predicted molar refractivity (Wildman–Crippen MR) is 99.2 cm³/mol. The van der Waals surface area contributed by atoms with Crippen molar-refractivity contribution >= 4 is 0 Å². The summed E-state index contributed by atoms with van der Waals surface area (Å²) in [5.74, 6) is -0.252. The lowest BCUT2D eigenvalue weighted by molar-refractivity contribution is -0.222. The summed E-state index contributed by atoms with van der Waals surface area (Å²) >= 11 is 0. The molecule has 0 heterocycles. The number of allylic oxidation sites excluding steroid dienone is 4. The van der Waals surface area contributed by atoms with E-state index in [9.17, 15) is 15.3 Å². The van der Waals surface area contributed by atoms with E-state index in [-0.39, 0.29) is 30.8 Å². The molecule has 0 saturated heterocycles. The highest BCUT2D eigenvalue weighted by molar-refractivity contribution is 5.38. The van der Waals surface area contributed by atoms with Crippen LogP contribution < -0.4 is 0 Å². The van der Waals surface area contributed by atoms with Gasteiger partial charge in [0.05, 0.1) is 11.7 Å². The second-order valence-corrected chi connectivity index (χ2v) is 9.76. The van der Waals surface area contributed by atoms with Gasteiger partial charge in [0.1, 0.15) is 0 Å². The number of hydrogen-bond acceptors (Lipinski definition) is 3. The first kappa shape index (κ1) is 18.6. The largest absolute Gasteiger partial charge is 0.396 e. The molecule has 0 spiro atoms. The van der Waals surface area contributed by atoms with E-state index in [0.29, 0.717) is 6.42 Å². The predicted octanol–water partition coefficient (Wildman–Crippen LogP) is 3.54. The molecule has 0 aromatic carbocycles. The number of rotatable bonds is 2. The lowest BCUT2D eigenvalue weighted by Gasteiger charge is -2.63. The van der Waals surface area contributed by atoms with Crippen molar-refractivity contribution in [1.82, 2.24) is 0 Å². The third kappa shape index (κ3) is 1.94. The third-order valence-corrected chi connectivity index (χ3v) is 8.99. The van der Waals surface area contributed by atoms with Crippen molar-refractivity contribution in [3.63, 3.8) is 0 Å². The first-order chi connectivity index (χ1) is 12.1. The van der Waals surface area contributed by atoms with Gasteiger partial charge in [-0.15, -0.1) is 0 Å². The van der Waals surface area contributed by atoms with E-state index >= 15 is 4.39 Å². The van der Waals surface area contributed by atoms with Crippen LogP contribution in [0.5, 0.6) is 0 Å². The van der Waals surface area contributed by atoms with Crippen LogP contribution in [0, 0.1) is 28.6 Å². The highest BCUT2D eigenvalue weighted by Gasteiger charge is 2.73. The molecule has 8 atom stereocenters. The van der Waals surface area contributed by atoms with Crippen LogP contribution in [0.25, 0.3) is 0 Å². The minimum Gasteiger partial charge on any atom is -0.396 e. The van der Waals surface area contributed by atoms with Crippen LogP contribution in [0.2, 0.25) is 0 Å². The second kappa shape index (κ2) is 5.65. The molecule has 4 rings (SSSR count). The van der Waals surface area contributed by atoms with Gasteiger partial charge >= 0.3 is 0 Å². The van der Waals surface area contributed by atoms with Gasteiger partial charge in [-0.1, -0.05) is 37.6 Å². The number of hydrogen-bond donors (Lipinski definition) is 3. The number of aliphatic hydroxyl groups excluding tert-OH is 2. The van der Waals surface area contributed by atoms with E-state index in [1.165, 1.54) is 0 Å². The Morgan fingerprint density at radius 3 is 2.69 bits per heavy atom. The highest BCUT2D eigenvalue weighted by atomic mass is 19.1. The summed E-state index contributed by atoms with van der Waals surface area (Å²) in [5, 5.41) is 32.2. The molecule has 0 radical (unpaired) electrons. The number of fused-ring (bicyclic) bond motifs is 5. The van der Waals surface area contributed by atoms with Gasteiger partial charge in [0.25, 0.3) is 0 Å². The van der Waals surface area contributed by atoms with Crippen molar-refractivity contribution in [2.45, 2.75) is 76.7 Å². The van der Waals surface area contributed by atoms with Crippen LogP contribution in [0.3, 0.4) is 0 Å². The fourth-order valence-electron chi connectivity index (χ4n) is 7.47. The van der Waals surface area contributed by atoms with Gasteiger partial charge in [-0.05, 0) is 50.9 Å². The second-order valence-electron chi connectivity index (χ2n) is 9.76. The van der Waals surface area contributed by atoms with E-state index < -0.39 is 28.2 Å². The van der Waals surface area contributed by atoms with Crippen molar-refractivity contribution in [2.24, 2.45) is 28.6 Å². The smallest absolute Gasteiger partial charge is 0.152 e. The zero-order chi connectivity index (χ0) is 19.0. The molecule has 3 N–H and O–H groups in total. The molecule has 4 aliphatic rings. The normalized spacial score (nSPS) is 55.7. The van der Waals surface area contributed by atoms with Crippen LogP contribution in [0.1, 0.15) is 59.3 Å². The Morgan fingerprint density at radius 1 is 1.27 bits per heavy atom. The molecule has 3 fully saturated rings. The van der Waals surface area contributed by atoms with Gasteiger partial charge in [-0.3, -0.25) is 0 Å². The van der Waals surface area contributed by atoms with E-state index in [1.807, 2.05) is 32.9 Å². The molecule has 0 aromatic rings. The number of aliphatic hydroxyl groups is 3. The van der Waals surface area contributed by atoms with Crippen molar-refractivity contribution in [1.29, 1.82) is 0 Å². The molecular weight excluding hydrogens is 331 g/mol. The monoisotopic (exact) mass is 364 g/mol. The molecule has 0 unspecified atom stereocenters. The van der Waals surface area contributed by atoms with Crippen molar-refractivity contribution in [3.8, 4) is 0 Å². The molecule has 3 saturated carbocycles. The standard InChI is InChI=1S/C22H33FO3/c1-14-12-17-16-8-7-15-6-4-5-9-19(15,2)22(16,23)18(25)13-20(17,3)21(14,26)10-11-24/h5-6,9,14,16-18,24-26H,4,7-8,10-13H2,1-3H3/t14-,16+,17+,18+,19+,20+,21-,22+/m1/s1. The fourth-order valence-corrected chi connectivity index (χ4v) is 7.47. The SMILES string of the molecule is C[C@@H]1C[C@H]2[C@@H]3CCC4=CCC=C[C@]4(C)[C@@]3(F)[C@@H](O)C[C@]2(C)[C@@]1(O)CCO. The molecular formula is C22H33FO3. The maximum atomic E-state index is 16.8. The molecule has 0 amide bonds. The van der Waals surface area contributed by atoms with Crippen LogP contribution in [-0.4, -0.2) is 39.3 Å². The molecule has 146 valence electrons.